The lowest BCUT2D eigenvalue weighted by Gasteiger charge is -2.22. The third kappa shape index (κ3) is 4.39. The van der Waals surface area contributed by atoms with Crippen molar-refractivity contribution in [3.05, 3.63) is 53.6 Å². The van der Waals surface area contributed by atoms with E-state index in [1.165, 1.54) is 12.5 Å². The summed E-state index contributed by atoms with van der Waals surface area (Å²) in [6, 6.07) is 13.0. The van der Waals surface area contributed by atoms with Crippen molar-refractivity contribution in [3.63, 3.8) is 0 Å². The summed E-state index contributed by atoms with van der Waals surface area (Å²) in [6.07, 6.45) is 0. The molecule has 0 spiro atoms. The molecule has 0 fully saturated rings. The first-order valence-corrected chi connectivity index (χ1v) is 9.01. The van der Waals surface area contributed by atoms with Crippen molar-refractivity contribution < 1.29 is 19.1 Å². The number of anilines is 1. The Morgan fingerprint density at radius 3 is 2.44 bits per heavy atom. The summed E-state index contributed by atoms with van der Waals surface area (Å²) in [6.45, 7) is 6.69. The van der Waals surface area contributed by atoms with Crippen molar-refractivity contribution in [3.8, 4) is 11.5 Å². The van der Waals surface area contributed by atoms with Gasteiger partial charge in [-0.2, -0.15) is 0 Å². The van der Waals surface area contributed by atoms with Crippen LogP contribution < -0.4 is 19.7 Å². The molecule has 1 heterocycles. The summed E-state index contributed by atoms with van der Waals surface area (Å²) >= 11 is 0. The first kappa shape index (κ1) is 18.8. The number of fused-ring (bicyclic) bond motifs is 1. The van der Waals surface area contributed by atoms with Gasteiger partial charge in [-0.3, -0.25) is 9.59 Å². The van der Waals surface area contributed by atoms with E-state index < -0.39 is 0 Å². The van der Waals surface area contributed by atoms with E-state index in [2.05, 4.69) is 19.2 Å². The van der Waals surface area contributed by atoms with Crippen molar-refractivity contribution in [2.75, 3.05) is 24.8 Å². The van der Waals surface area contributed by atoms with Gasteiger partial charge in [-0.1, -0.05) is 26.0 Å². The summed E-state index contributed by atoms with van der Waals surface area (Å²) in [4.78, 5) is 26.0. The molecule has 142 valence electrons. The van der Waals surface area contributed by atoms with E-state index in [1.807, 2.05) is 24.3 Å². The maximum absolute atomic E-state index is 12.3. The Labute approximate surface area is 159 Å². The van der Waals surface area contributed by atoms with Crippen LogP contribution in [0.25, 0.3) is 0 Å². The van der Waals surface area contributed by atoms with Crippen LogP contribution in [0.2, 0.25) is 0 Å². The van der Waals surface area contributed by atoms with E-state index in [4.69, 9.17) is 9.47 Å². The molecule has 0 aromatic heterocycles. The van der Waals surface area contributed by atoms with Crippen molar-refractivity contribution in [2.24, 2.45) is 0 Å². The average Bonchev–Trinajstić information content (AvgIpc) is 3.12. The molecule has 6 heteroatoms. The molecule has 1 N–H and O–H groups in total. The molecular weight excluding hydrogens is 344 g/mol. The van der Waals surface area contributed by atoms with Crippen molar-refractivity contribution in [2.45, 2.75) is 26.7 Å². The van der Waals surface area contributed by atoms with Gasteiger partial charge in [0.05, 0.1) is 0 Å². The molecule has 0 atom stereocenters. The molecule has 3 rings (SSSR count). The smallest absolute Gasteiger partial charge is 0.251 e. The summed E-state index contributed by atoms with van der Waals surface area (Å²) in [7, 11) is 0. The minimum absolute atomic E-state index is 0.0652. The van der Waals surface area contributed by atoms with Gasteiger partial charge in [-0.25, -0.2) is 0 Å². The molecule has 2 aromatic rings. The molecule has 0 radical (unpaired) electrons. The Morgan fingerprint density at radius 2 is 1.78 bits per heavy atom. The zero-order valence-corrected chi connectivity index (χ0v) is 15.8. The first-order chi connectivity index (χ1) is 13.0. The molecule has 2 amide bonds. The number of nitrogens with one attached hydrogen (secondary N) is 1. The Hall–Kier alpha value is -3.02. The predicted octanol–water partition coefficient (Wildman–Crippen LogP) is 3.32. The minimum Gasteiger partial charge on any atom is -0.454 e. The molecule has 0 aliphatic carbocycles. The summed E-state index contributed by atoms with van der Waals surface area (Å²) in [5.74, 6) is 1.36. The highest BCUT2D eigenvalue weighted by Gasteiger charge is 2.17. The van der Waals surface area contributed by atoms with Gasteiger partial charge in [-0.15, -0.1) is 0 Å². The zero-order chi connectivity index (χ0) is 19.4. The monoisotopic (exact) mass is 368 g/mol. The molecule has 0 saturated heterocycles. The maximum atomic E-state index is 12.3. The maximum Gasteiger partial charge on any atom is 0.251 e. The largest absolute Gasteiger partial charge is 0.454 e. The Bertz CT molecular complexity index is 831. The summed E-state index contributed by atoms with van der Waals surface area (Å²) in [5, 5.41) is 2.85. The van der Waals surface area contributed by atoms with Gasteiger partial charge in [0.2, 0.25) is 12.7 Å². The van der Waals surface area contributed by atoms with Gasteiger partial charge >= 0.3 is 0 Å². The second kappa shape index (κ2) is 8.12. The van der Waals surface area contributed by atoms with Crippen LogP contribution in [0.5, 0.6) is 11.5 Å². The van der Waals surface area contributed by atoms with E-state index in [0.717, 1.165) is 5.69 Å². The van der Waals surface area contributed by atoms with Crippen LogP contribution in [0.1, 0.15) is 42.6 Å². The van der Waals surface area contributed by atoms with Crippen molar-refractivity contribution >= 4 is 17.5 Å². The van der Waals surface area contributed by atoms with Gasteiger partial charge in [-0.05, 0) is 41.8 Å². The fourth-order valence-electron chi connectivity index (χ4n) is 2.93. The molecule has 0 bridgehead atoms. The highest BCUT2D eigenvalue weighted by molar-refractivity contribution is 5.95. The molecular formula is C21H24N2O4. The molecule has 0 unspecified atom stereocenters. The fraction of sp³-hybridized carbons (Fsp3) is 0.333. The van der Waals surface area contributed by atoms with E-state index in [0.29, 0.717) is 36.1 Å². The van der Waals surface area contributed by atoms with E-state index >= 15 is 0 Å². The second-order valence-electron chi connectivity index (χ2n) is 6.74. The van der Waals surface area contributed by atoms with Gasteiger partial charge in [0, 0.05) is 31.3 Å². The lowest BCUT2D eigenvalue weighted by Crippen LogP contribution is -2.37. The number of nitrogens with zero attached hydrogens (tertiary/aromatic N) is 1. The van der Waals surface area contributed by atoms with E-state index in [1.54, 1.807) is 23.1 Å². The van der Waals surface area contributed by atoms with E-state index in [-0.39, 0.29) is 18.6 Å². The summed E-state index contributed by atoms with van der Waals surface area (Å²) in [5.41, 5.74) is 2.54. The minimum atomic E-state index is -0.216. The average molecular weight is 368 g/mol. The lowest BCUT2D eigenvalue weighted by molar-refractivity contribution is -0.116. The van der Waals surface area contributed by atoms with Crippen LogP contribution in [0.4, 0.5) is 5.69 Å². The van der Waals surface area contributed by atoms with Gasteiger partial charge < -0.3 is 19.7 Å². The topological polar surface area (TPSA) is 67.9 Å². The van der Waals surface area contributed by atoms with Crippen LogP contribution in [0, 0.1) is 0 Å². The number of amides is 2. The molecule has 6 nitrogen and oxygen atoms in total. The molecule has 0 saturated carbocycles. The molecule has 1 aliphatic rings. The third-order valence-electron chi connectivity index (χ3n) is 4.51. The predicted molar refractivity (Wildman–Crippen MR) is 103 cm³/mol. The lowest BCUT2D eigenvalue weighted by atomic mass is 10.0. The van der Waals surface area contributed by atoms with Crippen LogP contribution >= 0.6 is 0 Å². The first-order valence-electron chi connectivity index (χ1n) is 9.01. The Kier molecular flexibility index (Phi) is 5.64. The molecule has 1 aliphatic heterocycles. The highest BCUT2D eigenvalue weighted by Crippen LogP contribution is 2.32. The fourth-order valence-corrected chi connectivity index (χ4v) is 2.93. The normalized spacial score (nSPS) is 12.1. The van der Waals surface area contributed by atoms with Crippen molar-refractivity contribution in [1.29, 1.82) is 0 Å². The quantitative estimate of drug-likeness (QED) is 0.849. The van der Waals surface area contributed by atoms with E-state index in [9.17, 15) is 9.59 Å². The van der Waals surface area contributed by atoms with Gasteiger partial charge in [0.25, 0.3) is 5.91 Å². The number of ether oxygens (including phenoxy) is 2. The Balaban J connectivity index is 1.59. The highest BCUT2D eigenvalue weighted by atomic mass is 16.7. The van der Waals surface area contributed by atoms with Gasteiger partial charge in [0.1, 0.15) is 0 Å². The molecule has 27 heavy (non-hydrogen) atoms. The number of rotatable bonds is 6. The standard InChI is InChI=1S/C21H24N2O4/c1-14(2)16-4-7-18(8-5-16)23(15(3)24)11-10-22-21(25)17-6-9-19-20(12-17)27-13-26-19/h4-9,12,14H,10-11,13H2,1-3H3,(H,22,25). The third-order valence-corrected chi connectivity index (χ3v) is 4.51. The molecule has 2 aromatic carbocycles. The SMILES string of the molecule is CC(=O)N(CCNC(=O)c1ccc2c(c1)OCO2)c1ccc(C(C)C)cc1. The van der Waals surface area contributed by atoms with Crippen LogP contribution in [-0.2, 0) is 4.79 Å². The number of carbonyl (C=O) groups is 2. The Morgan fingerprint density at radius 1 is 1.07 bits per heavy atom. The van der Waals surface area contributed by atoms with Crippen LogP contribution in [0.15, 0.2) is 42.5 Å². The van der Waals surface area contributed by atoms with Crippen LogP contribution in [-0.4, -0.2) is 31.7 Å². The number of carbonyl (C=O) groups excluding carboxylic acids is 2. The van der Waals surface area contributed by atoms with Crippen LogP contribution in [0.3, 0.4) is 0 Å². The summed E-state index contributed by atoms with van der Waals surface area (Å²) < 4.78 is 10.5. The zero-order valence-electron chi connectivity index (χ0n) is 15.8. The van der Waals surface area contributed by atoms with Crippen molar-refractivity contribution in [1.82, 2.24) is 5.32 Å². The van der Waals surface area contributed by atoms with Gasteiger partial charge in [0.15, 0.2) is 11.5 Å². The second-order valence-corrected chi connectivity index (χ2v) is 6.74. The number of hydrogen-bond acceptors (Lipinski definition) is 4. The number of hydrogen-bond donors (Lipinski definition) is 1. The number of benzene rings is 2.